The summed E-state index contributed by atoms with van der Waals surface area (Å²) in [7, 11) is 2.27. The van der Waals surface area contributed by atoms with Crippen LogP contribution in [0.1, 0.15) is 37.7 Å². The lowest BCUT2D eigenvalue weighted by Gasteiger charge is -2.43. The van der Waals surface area contributed by atoms with Gasteiger partial charge < -0.3 is 9.64 Å². The summed E-state index contributed by atoms with van der Waals surface area (Å²) >= 11 is 12.3. The largest absolute Gasteiger partial charge is 0.381 e. The maximum Gasteiger partial charge on any atom is 0.0595 e. The van der Waals surface area contributed by atoms with Crippen LogP contribution in [-0.4, -0.2) is 37.2 Å². The van der Waals surface area contributed by atoms with Crippen LogP contribution in [-0.2, 0) is 4.74 Å². The molecular formula is C17H23Cl2NO. The number of piperidine rings is 1. The van der Waals surface area contributed by atoms with Gasteiger partial charge in [0.1, 0.15) is 0 Å². The van der Waals surface area contributed by atoms with Crippen LogP contribution in [0.2, 0.25) is 10.0 Å². The SMILES string of the molecule is CCOC[C@H]1C(c2ccc(Cl)c(Cl)c2)CC2CCC1N2C. The number of fused-ring (bicyclic) bond motifs is 2. The number of halogens is 2. The van der Waals surface area contributed by atoms with Crippen LogP contribution in [0.3, 0.4) is 0 Å². The van der Waals surface area contributed by atoms with Gasteiger partial charge in [0, 0.05) is 24.6 Å². The van der Waals surface area contributed by atoms with Crippen LogP contribution in [0.4, 0.5) is 0 Å². The van der Waals surface area contributed by atoms with Gasteiger partial charge in [0.05, 0.1) is 16.7 Å². The summed E-state index contributed by atoms with van der Waals surface area (Å²) in [5, 5.41) is 1.30. The van der Waals surface area contributed by atoms with Gasteiger partial charge >= 0.3 is 0 Å². The number of hydrogen-bond donors (Lipinski definition) is 0. The molecule has 0 radical (unpaired) electrons. The van der Waals surface area contributed by atoms with E-state index in [1.54, 1.807) is 0 Å². The molecule has 3 unspecified atom stereocenters. The second-order valence-electron chi connectivity index (χ2n) is 6.30. The van der Waals surface area contributed by atoms with Gasteiger partial charge in [0.2, 0.25) is 0 Å². The molecule has 3 rings (SSSR count). The predicted octanol–water partition coefficient (Wildman–Crippen LogP) is 4.60. The average molecular weight is 328 g/mol. The second-order valence-corrected chi connectivity index (χ2v) is 7.12. The first-order valence-electron chi connectivity index (χ1n) is 7.86. The minimum absolute atomic E-state index is 0.528. The van der Waals surface area contributed by atoms with Crippen molar-refractivity contribution in [3.63, 3.8) is 0 Å². The zero-order chi connectivity index (χ0) is 15.0. The van der Waals surface area contributed by atoms with E-state index < -0.39 is 0 Å². The van der Waals surface area contributed by atoms with E-state index in [-0.39, 0.29) is 0 Å². The van der Waals surface area contributed by atoms with E-state index >= 15 is 0 Å². The van der Waals surface area contributed by atoms with Gasteiger partial charge in [-0.3, -0.25) is 0 Å². The number of nitrogens with zero attached hydrogens (tertiary/aromatic N) is 1. The van der Waals surface area contributed by atoms with Crippen molar-refractivity contribution in [1.29, 1.82) is 0 Å². The molecule has 2 aliphatic rings. The molecule has 4 heteroatoms. The number of ether oxygens (including phenoxy) is 1. The third kappa shape index (κ3) is 2.96. The van der Waals surface area contributed by atoms with Crippen molar-refractivity contribution in [2.24, 2.45) is 5.92 Å². The van der Waals surface area contributed by atoms with Crippen LogP contribution in [0.15, 0.2) is 18.2 Å². The fraction of sp³-hybridized carbons (Fsp3) is 0.647. The van der Waals surface area contributed by atoms with Gasteiger partial charge in [-0.15, -0.1) is 0 Å². The van der Waals surface area contributed by atoms with Gasteiger partial charge in [-0.05, 0) is 56.8 Å². The highest BCUT2D eigenvalue weighted by Gasteiger charge is 2.45. The minimum atomic E-state index is 0.528. The molecule has 2 nitrogen and oxygen atoms in total. The molecule has 2 bridgehead atoms. The normalized spacial score (nSPS) is 32.6. The van der Waals surface area contributed by atoms with Gasteiger partial charge in [-0.1, -0.05) is 29.3 Å². The molecule has 2 saturated heterocycles. The van der Waals surface area contributed by atoms with Crippen molar-refractivity contribution in [1.82, 2.24) is 4.90 Å². The lowest BCUT2D eigenvalue weighted by Crippen LogP contribution is -2.47. The molecule has 2 fully saturated rings. The maximum absolute atomic E-state index is 6.23. The van der Waals surface area contributed by atoms with E-state index in [0.29, 0.717) is 34.0 Å². The highest BCUT2D eigenvalue weighted by atomic mass is 35.5. The number of hydrogen-bond acceptors (Lipinski definition) is 2. The summed E-state index contributed by atoms with van der Waals surface area (Å²) in [6.07, 6.45) is 3.79. The number of benzene rings is 1. The Morgan fingerprint density at radius 1 is 1.24 bits per heavy atom. The fourth-order valence-electron chi connectivity index (χ4n) is 4.18. The van der Waals surface area contributed by atoms with Crippen LogP contribution in [0.25, 0.3) is 0 Å². The van der Waals surface area contributed by atoms with Crippen LogP contribution < -0.4 is 0 Å². The Hall–Kier alpha value is -0.280. The van der Waals surface area contributed by atoms with E-state index in [9.17, 15) is 0 Å². The second kappa shape index (κ2) is 6.45. The summed E-state index contributed by atoms with van der Waals surface area (Å²) < 4.78 is 5.79. The molecule has 0 aromatic heterocycles. The Morgan fingerprint density at radius 2 is 2.05 bits per heavy atom. The topological polar surface area (TPSA) is 12.5 Å². The third-order valence-corrected chi connectivity index (χ3v) is 6.06. The summed E-state index contributed by atoms with van der Waals surface area (Å²) in [4.78, 5) is 2.57. The first kappa shape index (κ1) is 15.6. The van der Waals surface area contributed by atoms with E-state index in [2.05, 4.69) is 31.0 Å². The number of rotatable bonds is 4. The lowest BCUT2D eigenvalue weighted by atomic mass is 9.76. The summed E-state index contributed by atoms with van der Waals surface area (Å²) in [5.41, 5.74) is 1.32. The molecule has 4 atom stereocenters. The van der Waals surface area contributed by atoms with Gasteiger partial charge in [0.15, 0.2) is 0 Å². The first-order valence-corrected chi connectivity index (χ1v) is 8.62. The Morgan fingerprint density at radius 3 is 2.76 bits per heavy atom. The maximum atomic E-state index is 6.23. The fourth-order valence-corrected chi connectivity index (χ4v) is 4.49. The highest BCUT2D eigenvalue weighted by Crippen LogP contribution is 2.46. The predicted molar refractivity (Wildman–Crippen MR) is 88.4 cm³/mol. The molecule has 0 N–H and O–H groups in total. The zero-order valence-corrected chi connectivity index (χ0v) is 14.2. The summed E-state index contributed by atoms with van der Waals surface area (Å²) in [6.45, 7) is 3.69. The molecule has 1 aromatic carbocycles. The van der Waals surface area contributed by atoms with Crippen LogP contribution in [0, 0.1) is 5.92 Å². The van der Waals surface area contributed by atoms with Crippen molar-refractivity contribution in [3.8, 4) is 0 Å². The molecule has 0 aliphatic carbocycles. The molecule has 2 heterocycles. The van der Waals surface area contributed by atoms with Crippen molar-refractivity contribution in [2.45, 2.75) is 44.2 Å². The highest BCUT2D eigenvalue weighted by molar-refractivity contribution is 6.42. The van der Waals surface area contributed by atoms with Gasteiger partial charge in [0.25, 0.3) is 0 Å². The van der Waals surface area contributed by atoms with E-state index in [1.165, 1.54) is 24.8 Å². The van der Waals surface area contributed by atoms with Crippen molar-refractivity contribution < 1.29 is 4.74 Å². The average Bonchev–Trinajstić information content (AvgIpc) is 2.72. The molecule has 116 valence electrons. The van der Waals surface area contributed by atoms with Gasteiger partial charge in [-0.2, -0.15) is 0 Å². The minimum Gasteiger partial charge on any atom is -0.381 e. The lowest BCUT2D eigenvalue weighted by molar-refractivity contribution is 0.0253. The van der Waals surface area contributed by atoms with E-state index in [1.807, 2.05) is 6.07 Å². The smallest absolute Gasteiger partial charge is 0.0595 e. The Bertz CT molecular complexity index is 508. The van der Waals surface area contributed by atoms with Gasteiger partial charge in [-0.25, -0.2) is 0 Å². The Kier molecular flexibility index (Phi) is 4.80. The summed E-state index contributed by atoms with van der Waals surface area (Å²) in [5.74, 6) is 1.07. The standard InChI is InChI=1S/C17H23Cl2NO/c1-3-21-10-14-13(9-12-5-7-17(14)20(12)2)11-4-6-15(18)16(19)8-11/h4,6,8,12-14,17H,3,5,7,9-10H2,1-2H3/t12?,13?,14-,17?/m0/s1. The quantitative estimate of drug-likeness (QED) is 0.801. The third-order valence-electron chi connectivity index (χ3n) is 5.32. The molecule has 1 aromatic rings. The van der Waals surface area contributed by atoms with Crippen molar-refractivity contribution in [2.75, 3.05) is 20.3 Å². The molecule has 2 aliphatic heterocycles. The first-order chi connectivity index (χ1) is 10.1. The Balaban J connectivity index is 1.88. The van der Waals surface area contributed by atoms with Crippen molar-refractivity contribution in [3.05, 3.63) is 33.8 Å². The molecule has 0 saturated carbocycles. The zero-order valence-electron chi connectivity index (χ0n) is 12.7. The molecule has 0 amide bonds. The van der Waals surface area contributed by atoms with E-state index in [4.69, 9.17) is 27.9 Å². The Labute approximate surface area is 137 Å². The molecule has 21 heavy (non-hydrogen) atoms. The molecule has 0 spiro atoms. The van der Waals surface area contributed by atoms with Crippen LogP contribution >= 0.6 is 23.2 Å². The van der Waals surface area contributed by atoms with Crippen LogP contribution in [0.5, 0.6) is 0 Å². The molecular weight excluding hydrogens is 305 g/mol. The summed E-state index contributed by atoms with van der Waals surface area (Å²) in [6, 6.07) is 7.46. The monoisotopic (exact) mass is 327 g/mol. The van der Waals surface area contributed by atoms with Crippen molar-refractivity contribution >= 4 is 23.2 Å². The van der Waals surface area contributed by atoms with E-state index in [0.717, 1.165) is 13.2 Å².